The zero-order chi connectivity index (χ0) is 18.0. The number of carbonyl (C=O) groups excluding carboxylic acids is 1. The topological polar surface area (TPSA) is 41.1 Å². The number of hydrogen-bond donors (Lipinski definition) is 2. The van der Waals surface area contributed by atoms with Crippen molar-refractivity contribution in [2.75, 3.05) is 5.32 Å². The van der Waals surface area contributed by atoms with Gasteiger partial charge in [0.1, 0.15) is 0 Å². The summed E-state index contributed by atoms with van der Waals surface area (Å²) in [5, 5.41) is 7.00. The van der Waals surface area contributed by atoms with Crippen molar-refractivity contribution >= 4 is 11.6 Å². The smallest absolute Gasteiger partial charge is 0.251 e. The summed E-state index contributed by atoms with van der Waals surface area (Å²) in [5.41, 5.74) is 4.87. The van der Waals surface area contributed by atoms with Crippen molar-refractivity contribution in [3.63, 3.8) is 0 Å². The first kappa shape index (κ1) is 15.7. The molecule has 3 heteroatoms. The third-order valence-corrected chi connectivity index (χ3v) is 7.42. The molecule has 0 unspecified atom stereocenters. The predicted molar refractivity (Wildman–Crippen MR) is 107 cm³/mol. The third-order valence-electron chi connectivity index (χ3n) is 7.42. The molecule has 2 N–H and O–H groups in total. The SMILES string of the molecule is O=C(NC1CC1)c1ccc2c(c1)[C@H]1[C@H]3CC[C@H](C3)[C@@H]1[C@@H](c1ccccc1)N2. The lowest BCUT2D eigenvalue weighted by atomic mass is 9.68. The maximum atomic E-state index is 12.6. The van der Waals surface area contributed by atoms with E-state index in [1.54, 1.807) is 0 Å². The first-order valence-electron chi connectivity index (χ1n) is 10.5. The van der Waals surface area contributed by atoms with Crippen molar-refractivity contribution in [2.45, 2.75) is 50.1 Å². The van der Waals surface area contributed by atoms with Gasteiger partial charge in [0, 0.05) is 17.3 Å². The minimum absolute atomic E-state index is 0.102. The van der Waals surface area contributed by atoms with Crippen LogP contribution in [0.1, 0.15) is 65.5 Å². The van der Waals surface area contributed by atoms with Gasteiger partial charge in [-0.25, -0.2) is 0 Å². The van der Waals surface area contributed by atoms with Crippen LogP contribution in [-0.2, 0) is 0 Å². The van der Waals surface area contributed by atoms with Gasteiger partial charge in [0.25, 0.3) is 5.91 Å². The maximum Gasteiger partial charge on any atom is 0.251 e. The largest absolute Gasteiger partial charge is 0.378 e. The first-order valence-corrected chi connectivity index (χ1v) is 10.5. The van der Waals surface area contributed by atoms with Crippen LogP contribution in [0, 0.1) is 17.8 Å². The van der Waals surface area contributed by atoms with Gasteiger partial charge >= 0.3 is 0 Å². The third kappa shape index (κ3) is 2.51. The Bertz CT molecular complexity index is 889. The maximum absolute atomic E-state index is 12.6. The molecule has 0 saturated heterocycles. The molecule has 5 atom stereocenters. The molecule has 0 spiro atoms. The summed E-state index contributed by atoms with van der Waals surface area (Å²) >= 11 is 0. The fourth-order valence-electron chi connectivity index (χ4n) is 6.11. The Kier molecular flexibility index (Phi) is 3.41. The average Bonchev–Trinajstić information content (AvgIpc) is 3.28. The Morgan fingerprint density at radius 1 is 0.963 bits per heavy atom. The number of rotatable bonds is 3. The van der Waals surface area contributed by atoms with Gasteiger partial charge < -0.3 is 10.6 Å². The molecule has 4 aliphatic rings. The monoisotopic (exact) mass is 358 g/mol. The number of fused-ring (bicyclic) bond motifs is 7. The highest BCUT2D eigenvalue weighted by atomic mass is 16.1. The van der Waals surface area contributed by atoms with Crippen LogP contribution in [0.2, 0.25) is 0 Å². The van der Waals surface area contributed by atoms with E-state index in [2.05, 4.69) is 53.1 Å². The van der Waals surface area contributed by atoms with Gasteiger partial charge in [0.05, 0.1) is 6.04 Å². The number of carbonyl (C=O) groups is 1. The highest BCUT2D eigenvalue weighted by Gasteiger charge is 2.53. The van der Waals surface area contributed by atoms with Crippen molar-refractivity contribution in [3.05, 3.63) is 65.2 Å². The molecule has 1 aliphatic heterocycles. The van der Waals surface area contributed by atoms with Gasteiger partial charge in [0.15, 0.2) is 0 Å². The number of hydrogen-bond acceptors (Lipinski definition) is 2. The summed E-state index contributed by atoms with van der Waals surface area (Å²) in [4.78, 5) is 12.6. The van der Waals surface area contributed by atoms with Crippen LogP contribution in [0.5, 0.6) is 0 Å². The Morgan fingerprint density at radius 3 is 2.59 bits per heavy atom. The van der Waals surface area contributed by atoms with Gasteiger partial charge in [-0.3, -0.25) is 4.79 Å². The standard InChI is InChI=1S/C24H26N2O/c27-24(25-18-9-10-18)17-8-11-20-19(13-17)21-15-6-7-16(12-15)22(21)23(26-20)14-4-2-1-3-5-14/h1-5,8,11,13,15-16,18,21-23,26H,6-7,9-10,12H2,(H,25,27)/t15-,16+,21+,22-,23+/m0/s1. The molecular weight excluding hydrogens is 332 g/mol. The quantitative estimate of drug-likeness (QED) is 0.821. The molecule has 138 valence electrons. The molecule has 27 heavy (non-hydrogen) atoms. The van der Waals surface area contributed by atoms with E-state index >= 15 is 0 Å². The zero-order valence-electron chi connectivity index (χ0n) is 15.5. The summed E-state index contributed by atoms with van der Waals surface area (Å²) in [6, 6.07) is 18.1. The van der Waals surface area contributed by atoms with Crippen molar-refractivity contribution in [1.29, 1.82) is 0 Å². The second kappa shape index (κ2) is 5.85. The van der Waals surface area contributed by atoms with Gasteiger partial charge in [-0.2, -0.15) is 0 Å². The summed E-state index contributed by atoms with van der Waals surface area (Å²) in [6.45, 7) is 0. The minimum atomic E-state index is 0.102. The van der Waals surface area contributed by atoms with E-state index in [9.17, 15) is 4.79 Å². The van der Waals surface area contributed by atoms with Crippen LogP contribution in [0.3, 0.4) is 0 Å². The molecule has 1 amide bonds. The van der Waals surface area contributed by atoms with Gasteiger partial charge in [-0.15, -0.1) is 0 Å². The summed E-state index contributed by atoms with van der Waals surface area (Å²) in [6.07, 6.45) is 6.34. The molecule has 0 aromatic heterocycles. The summed E-state index contributed by atoms with van der Waals surface area (Å²) < 4.78 is 0. The average molecular weight is 358 g/mol. The van der Waals surface area contributed by atoms with Gasteiger partial charge in [0.2, 0.25) is 0 Å². The Morgan fingerprint density at radius 2 is 1.78 bits per heavy atom. The number of nitrogens with one attached hydrogen (secondary N) is 2. The zero-order valence-corrected chi connectivity index (χ0v) is 15.5. The number of amides is 1. The fourth-order valence-corrected chi connectivity index (χ4v) is 6.11. The van der Waals surface area contributed by atoms with E-state index in [1.807, 2.05) is 6.07 Å². The molecule has 3 nitrogen and oxygen atoms in total. The van der Waals surface area contributed by atoms with Crippen LogP contribution >= 0.6 is 0 Å². The van der Waals surface area contributed by atoms with Crippen molar-refractivity contribution in [3.8, 4) is 0 Å². The van der Waals surface area contributed by atoms with Crippen LogP contribution in [-0.4, -0.2) is 11.9 Å². The normalized spacial score (nSPS) is 33.1. The Labute approximate surface area is 160 Å². The van der Waals surface area contributed by atoms with Crippen LogP contribution < -0.4 is 10.6 Å². The summed E-state index contributed by atoms with van der Waals surface area (Å²) in [5.74, 6) is 2.95. The molecule has 3 saturated carbocycles. The lowest BCUT2D eigenvalue weighted by Gasteiger charge is -2.43. The molecule has 2 bridgehead atoms. The molecule has 2 aromatic carbocycles. The molecule has 1 heterocycles. The lowest BCUT2D eigenvalue weighted by molar-refractivity contribution is 0.0951. The van der Waals surface area contributed by atoms with E-state index in [-0.39, 0.29) is 5.91 Å². The molecular formula is C24H26N2O. The predicted octanol–water partition coefficient (Wildman–Crippen LogP) is 4.88. The second-order valence-corrected chi connectivity index (χ2v) is 9.02. The molecule has 3 aliphatic carbocycles. The molecule has 0 radical (unpaired) electrons. The van der Waals surface area contributed by atoms with Crippen molar-refractivity contribution < 1.29 is 4.79 Å². The first-order chi connectivity index (χ1) is 13.3. The number of benzene rings is 2. The molecule has 3 fully saturated rings. The highest BCUT2D eigenvalue weighted by Crippen LogP contribution is 2.63. The fraction of sp³-hybridized carbons (Fsp3) is 0.458. The van der Waals surface area contributed by atoms with Gasteiger partial charge in [-0.1, -0.05) is 30.3 Å². The van der Waals surface area contributed by atoms with Crippen LogP contribution in [0.25, 0.3) is 0 Å². The van der Waals surface area contributed by atoms with Crippen LogP contribution in [0.4, 0.5) is 5.69 Å². The lowest BCUT2D eigenvalue weighted by Crippen LogP contribution is -2.35. The van der Waals surface area contributed by atoms with E-state index in [0.29, 0.717) is 23.9 Å². The Balaban J connectivity index is 1.40. The van der Waals surface area contributed by atoms with Gasteiger partial charge in [-0.05, 0) is 85.1 Å². The van der Waals surface area contributed by atoms with Crippen molar-refractivity contribution in [2.24, 2.45) is 17.8 Å². The molecule has 2 aromatic rings. The number of anilines is 1. The highest BCUT2D eigenvalue weighted by molar-refractivity contribution is 5.95. The minimum Gasteiger partial charge on any atom is -0.378 e. The van der Waals surface area contributed by atoms with E-state index < -0.39 is 0 Å². The summed E-state index contributed by atoms with van der Waals surface area (Å²) in [7, 11) is 0. The van der Waals surface area contributed by atoms with Crippen LogP contribution in [0.15, 0.2) is 48.5 Å². The van der Waals surface area contributed by atoms with E-state index in [4.69, 9.17) is 0 Å². The Hall–Kier alpha value is -2.29. The second-order valence-electron chi connectivity index (χ2n) is 9.02. The van der Waals surface area contributed by atoms with E-state index in [1.165, 1.54) is 36.1 Å². The van der Waals surface area contributed by atoms with Crippen molar-refractivity contribution in [1.82, 2.24) is 5.32 Å². The molecule has 6 rings (SSSR count). The van der Waals surface area contributed by atoms with E-state index in [0.717, 1.165) is 30.2 Å².